The third kappa shape index (κ3) is 3.68. The number of hydrogen-bond donors (Lipinski definition) is 1. The van der Waals surface area contributed by atoms with Gasteiger partial charge in [0.1, 0.15) is 5.54 Å². The molecule has 1 aliphatic carbocycles. The number of rotatable bonds is 7. The van der Waals surface area contributed by atoms with E-state index in [9.17, 15) is 5.26 Å². The van der Waals surface area contributed by atoms with E-state index < -0.39 is 0 Å². The van der Waals surface area contributed by atoms with Crippen LogP contribution in [0.1, 0.15) is 39.0 Å². The first-order valence-electron chi connectivity index (χ1n) is 7.62. The molecule has 0 bridgehead atoms. The van der Waals surface area contributed by atoms with Crippen LogP contribution in [0, 0.1) is 23.2 Å². The quantitative estimate of drug-likeness (QED) is 0.717. The zero-order chi connectivity index (χ0) is 13.6. The molecule has 2 fully saturated rings. The Balaban J connectivity index is 1.70. The third-order valence-electron chi connectivity index (χ3n) is 4.50. The van der Waals surface area contributed by atoms with Crippen molar-refractivity contribution in [3.8, 4) is 6.07 Å². The number of hydrogen-bond acceptors (Lipinski definition) is 4. The lowest BCUT2D eigenvalue weighted by molar-refractivity contribution is 0.0760. The van der Waals surface area contributed by atoms with Crippen molar-refractivity contribution in [2.75, 3.05) is 33.0 Å². The van der Waals surface area contributed by atoms with Crippen LogP contribution in [0.5, 0.6) is 0 Å². The van der Waals surface area contributed by atoms with Gasteiger partial charge in [-0.1, -0.05) is 13.3 Å². The normalized spacial score (nSPS) is 34.5. The molecule has 108 valence electrons. The van der Waals surface area contributed by atoms with Crippen LogP contribution >= 0.6 is 0 Å². The zero-order valence-electron chi connectivity index (χ0n) is 12.0. The molecule has 1 saturated heterocycles. The van der Waals surface area contributed by atoms with Crippen molar-refractivity contribution in [1.82, 2.24) is 5.32 Å². The van der Waals surface area contributed by atoms with E-state index in [0.29, 0.717) is 11.8 Å². The van der Waals surface area contributed by atoms with Gasteiger partial charge in [0.15, 0.2) is 0 Å². The van der Waals surface area contributed by atoms with Gasteiger partial charge in [0, 0.05) is 19.1 Å². The zero-order valence-corrected chi connectivity index (χ0v) is 12.0. The van der Waals surface area contributed by atoms with Gasteiger partial charge in [0.05, 0.1) is 19.3 Å². The molecule has 3 atom stereocenters. The fourth-order valence-corrected chi connectivity index (χ4v) is 3.39. The van der Waals surface area contributed by atoms with Gasteiger partial charge in [0.25, 0.3) is 0 Å². The average Bonchev–Trinajstić information content (AvgIpc) is 3.05. The predicted molar refractivity (Wildman–Crippen MR) is 73.7 cm³/mol. The molecule has 3 unspecified atom stereocenters. The van der Waals surface area contributed by atoms with Crippen LogP contribution in [0.4, 0.5) is 0 Å². The summed E-state index contributed by atoms with van der Waals surface area (Å²) in [6, 6.07) is 2.52. The van der Waals surface area contributed by atoms with Gasteiger partial charge in [-0.15, -0.1) is 0 Å². The molecule has 0 aromatic carbocycles. The smallest absolute Gasteiger partial charge is 0.109 e. The van der Waals surface area contributed by atoms with Gasteiger partial charge >= 0.3 is 0 Å². The molecule has 1 saturated carbocycles. The maximum Gasteiger partial charge on any atom is 0.109 e. The highest BCUT2D eigenvalue weighted by molar-refractivity contribution is 5.13. The van der Waals surface area contributed by atoms with E-state index >= 15 is 0 Å². The van der Waals surface area contributed by atoms with Gasteiger partial charge in [-0.3, -0.25) is 5.32 Å². The molecule has 19 heavy (non-hydrogen) atoms. The highest BCUT2D eigenvalue weighted by Crippen LogP contribution is 2.37. The molecule has 1 aliphatic heterocycles. The summed E-state index contributed by atoms with van der Waals surface area (Å²) in [5.41, 5.74) is -0.297. The lowest BCUT2D eigenvalue weighted by atomic mass is 9.86. The Morgan fingerprint density at radius 2 is 2.37 bits per heavy atom. The Labute approximate surface area is 116 Å². The molecule has 4 heteroatoms. The molecule has 0 aromatic heterocycles. The third-order valence-corrected chi connectivity index (χ3v) is 4.50. The van der Waals surface area contributed by atoms with E-state index in [2.05, 4.69) is 18.3 Å². The fourth-order valence-electron chi connectivity index (χ4n) is 3.39. The second-order valence-corrected chi connectivity index (χ2v) is 5.80. The second kappa shape index (κ2) is 7.23. The number of nitrogens with one attached hydrogen (secondary N) is 1. The number of ether oxygens (including phenoxy) is 2. The first kappa shape index (κ1) is 14.8. The summed E-state index contributed by atoms with van der Waals surface area (Å²) < 4.78 is 11.1. The maximum atomic E-state index is 9.48. The summed E-state index contributed by atoms with van der Waals surface area (Å²) in [5.74, 6) is 1.02. The molecule has 2 rings (SSSR count). The maximum absolute atomic E-state index is 9.48. The Kier molecular flexibility index (Phi) is 5.62. The highest BCUT2D eigenvalue weighted by atomic mass is 16.5. The predicted octanol–water partition coefficient (Wildman–Crippen LogP) is 2.10. The van der Waals surface area contributed by atoms with Crippen molar-refractivity contribution in [2.45, 2.75) is 44.6 Å². The van der Waals surface area contributed by atoms with Crippen LogP contribution in [0.15, 0.2) is 0 Å². The first-order chi connectivity index (χ1) is 9.30. The van der Waals surface area contributed by atoms with Crippen molar-refractivity contribution >= 4 is 0 Å². The lowest BCUT2D eigenvalue weighted by Gasteiger charge is -2.29. The van der Waals surface area contributed by atoms with Crippen molar-refractivity contribution < 1.29 is 9.47 Å². The SMILES string of the molecule is CCNC1(C#N)CCCC1CCOCC1CCOC1. The van der Waals surface area contributed by atoms with E-state index in [4.69, 9.17) is 9.47 Å². The fraction of sp³-hybridized carbons (Fsp3) is 0.933. The molecular weight excluding hydrogens is 240 g/mol. The molecular formula is C15H26N2O2. The van der Waals surface area contributed by atoms with E-state index in [1.807, 2.05) is 0 Å². The van der Waals surface area contributed by atoms with Gasteiger partial charge in [-0.2, -0.15) is 5.26 Å². The summed E-state index contributed by atoms with van der Waals surface area (Å²) in [6.45, 7) is 6.26. The topological polar surface area (TPSA) is 54.3 Å². The molecule has 4 nitrogen and oxygen atoms in total. The van der Waals surface area contributed by atoms with Crippen molar-refractivity contribution in [2.24, 2.45) is 11.8 Å². The summed E-state index contributed by atoms with van der Waals surface area (Å²) >= 11 is 0. The van der Waals surface area contributed by atoms with Crippen molar-refractivity contribution in [3.05, 3.63) is 0 Å². The number of nitriles is 1. The minimum absolute atomic E-state index is 0.297. The molecule has 1 heterocycles. The summed E-state index contributed by atoms with van der Waals surface area (Å²) in [5, 5.41) is 12.9. The van der Waals surface area contributed by atoms with E-state index in [1.54, 1.807) is 0 Å². The van der Waals surface area contributed by atoms with Crippen LogP contribution in [0.25, 0.3) is 0 Å². The molecule has 1 N–H and O–H groups in total. The molecule has 2 aliphatic rings. The minimum Gasteiger partial charge on any atom is -0.381 e. The Morgan fingerprint density at radius 1 is 1.47 bits per heavy atom. The summed E-state index contributed by atoms with van der Waals surface area (Å²) in [7, 11) is 0. The van der Waals surface area contributed by atoms with E-state index in [-0.39, 0.29) is 5.54 Å². The Bertz CT molecular complexity index is 310. The van der Waals surface area contributed by atoms with Crippen LogP contribution < -0.4 is 5.32 Å². The Morgan fingerprint density at radius 3 is 3.05 bits per heavy atom. The van der Waals surface area contributed by atoms with E-state index in [1.165, 1.54) is 0 Å². The lowest BCUT2D eigenvalue weighted by Crippen LogP contribution is -2.47. The first-order valence-corrected chi connectivity index (χ1v) is 7.62. The van der Waals surface area contributed by atoms with Gasteiger partial charge < -0.3 is 9.47 Å². The molecule has 0 aromatic rings. The average molecular weight is 266 g/mol. The second-order valence-electron chi connectivity index (χ2n) is 5.80. The van der Waals surface area contributed by atoms with Crippen molar-refractivity contribution in [1.29, 1.82) is 5.26 Å². The standard InChI is InChI=1S/C15H26N2O2/c1-2-17-15(12-16)7-3-4-14(15)6-9-19-11-13-5-8-18-10-13/h13-14,17H,2-11H2,1H3. The number of nitrogens with zero attached hydrogens (tertiary/aromatic N) is 1. The van der Waals surface area contributed by atoms with Crippen LogP contribution in [0.3, 0.4) is 0 Å². The van der Waals surface area contributed by atoms with Crippen LogP contribution in [-0.2, 0) is 9.47 Å². The van der Waals surface area contributed by atoms with Crippen molar-refractivity contribution in [3.63, 3.8) is 0 Å². The van der Waals surface area contributed by atoms with Crippen LogP contribution in [-0.4, -0.2) is 38.5 Å². The highest BCUT2D eigenvalue weighted by Gasteiger charge is 2.42. The summed E-state index contributed by atoms with van der Waals surface area (Å²) in [4.78, 5) is 0. The van der Waals surface area contributed by atoms with Gasteiger partial charge in [0.2, 0.25) is 0 Å². The molecule has 0 spiro atoms. The van der Waals surface area contributed by atoms with Crippen LogP contribution in [0.2, 0.25) is 0 Å². The Hall–Kier alpha value is -0.630. The summed E-state index contributed by atoms with van der Waals surface area (Å²) in [6.07, 6.45) is 5.41. The molecule has 0 amide bonds. The monoisotopic (exact) mass is 266 g/mol. The largest absolute Gasteiger partial charge is 0.381 e. The van der Waals surface area contributed by atoms with Gasteiger partial charge in [-0.05, 0) is 38.1 Å². The van der Waals surface area contributed by atoms with Gasteiger partial charge in [-0.25, -0.2) is 0 Å². The molecule has 0 radical (unpaired) electrons. The van der Waals surface area contributed by atoms with E-state index in [0.717, 1.165) is 65.1 Å². The minimum atomic E-state index is -0.297.